The molecule has 1 aliphatic rings. The summed E-state index contributed by atoms with van der Waals surface area (Å²) < 4.78 is 0. The molecular formula is C17H19N3O2. The van der Waals surface area contributed by atoms with Crippen molar-refractivity contribution in [2.75, 3.05) is 19.0 Å². The number of nitrogens with zero attached hydrogens (tertiary/aromatic N) is 2. The van der Waals surface area contributed by atoms with Crippen LogP contribution in [0, 0.1) is 0 Å². The fourth-order valence-electron chi connectivity index (χ4n) is 2.76. The molecule has 1 aromatic carbocycles. The van der Waals surface area contributed by atoms with Gasteiger partial charge in [0.15, 0.2) is 0 Å². The van der Waals surface area contributed by atoms with Crippen LogP contribution in [-0.2, 0) is 6.42 Å². The van der Waals surface area contributed by atoms with Gasteiger partial charge in [0.25, 0.3) is 5.91 Å². The van der Waals surface area contributed by atoms with Crippen LogP contribution in [0.15, 0.2) is 42.6 Å². The van der Waals surface area contributed by atoms with Crippen molar-refractivity contribution in [1.82, 2.24) is 10.3 Å². The topological polar surface area (TPSA) is 65.5 Å². The Hall–Kier alpha value is -2.40. The number of aliphatic hydroxyl groups excluding tert-OH is 1. The number of carbonyl (C=O) groups excluding carboxylic acids is 1. The summed E-state index contributed by atoms with van der Waals surface area (Å²) in [5.41, 5.74) is 2.56. The predicted molar refractivity (Wildman–Crippen MR) is 84.9 cm³/mol. The first kappa shape index (κ1) is 14.5. The molecule has 1 aliphatic carbocycles. The summed E-state index contributed by atoms with van der Waals surface area (Å²) in [6.07, 6.45) is 1.53. The predicted octanol–water partition coefficient (Wildman–Crippen LogP) is 1.54. The van der Waals surface area contributed by atoms with Gasteiger partial charge in [0.2, 0.25) is 0 Å². The van der Waals surface area contributed by atoms with Gasteiger partial charge in [-0.15, -0.1) is 0 Å². The molecule has 5 nitrogen and oxygen atoms in total. The number of hydrogen-bond donors (Lipinski definition) is 2. The van der Waals surface area contributed by atoms with E-state index in [0.717, 1.165) is 16.9 Å². The van der Waals surface area contributed by atoms with E-state index < -0.39 is 6.10 Å². The fraction of sp³-hybridized carbons (Fsp3) is 0.294. The molecule has 2 aromatic rings. The Morgan fingerprint density at radius 1 is 1.27 bits per heavy atom. The van der Waals surface area contributed by atoms with Crippen LogP contribution in [0.1, 0.15) is 27.5 Å². The van der Waals surface area contributed by atoms with Crippen molar-refractivity contribution >= 4 is 11.7 Å². The van der Waals surface area contributed by atoms with E-state index in [2.05, 4.69) is 10.3 Å². The molecule has 1 amide bonds. The van der Waals surface area contributed by atoms with Crippen molar-refractivity contribution < 1.29 is 9.90 Å². The summed E-state index contributed by atoms with van der Waals surface area (Å²) in [7, 11) is 3.79. The number of benzene rings is 1. The third-order valence-corrected chi connectivity index (χ3v) is 3.96. The van der Waals surface area contributed by atoms with Gasteiger partial charge < -0.3 is 15.3 Å². The lowest BCUT2D eigenvalue weighted by molar-refractivity contribution is 0.0858. The summed E-state index contributed by atoms with van der Waals surface area (Å²) in [6, 6.07) is 11.0. The maximum absolute atomic E-state index is 12.4. The van der Waals surface area contributed by atoms with Crippen molar-refractivity contribution in [3.05, 3.63) is 59.3 Å². The lowest BCUT2D eigenvalue weighted by Crippen LogP contribution is -2.33. The Bertz CT molecular complexity index is 683. The SMILES string of the molecule is CN(C)c1ccc(C(=O)N[C@@H]2c3ccccc3C[C@H]2O)cn1. The van der Waals surface area contributed by atoms with Gasteiger partial charge in [0.05, 0.1) is 17.7 Å². The van der Waals surface area contributed by atoms with Crippen LogP contribution >= 0.6 is 0 Å². The Morgan fingerprint density at radius 2 is 2.05 bits per heavy atom. The largest absolute Gasteiger partial charge is 0.390 e. The molecule has 0 fully saturated rings. The number of carbonyl (C=O) groups is 1. The Labute approximate surface area is 129 Å². The second-order valence-corrected chi connectivity index (χ2v) is 5.72. The van der Waals surface area contributed by atoms with Gasteiger partial charge in [0.1, 0.15) is 5.82 Å². The highest BCUT2D eigenvalue weighted by Crippen LogP contribution is 2.31. The van der Waals surface area contributed by atoms with Crippen molar-refractivity contribution in [3.8, 4) is 0 Å². The molecule has 0 bridgehead atoms. The normalized spacial score (nSPS) is 19.6. The monoisotopic (exact) mass is 297 g/mol. The van der Waals surface area contributed by atoms with Crippen molar-refractivity contribution in [3.63, 3.8) is 0 Å². The average molecular weight is 297 g/mol. The van der Waals surface area contributed by atoms with E-state index in [-0.39, 0.29) is 11.9 Å². The van der Waals surface area contributed by atoms with Crippen LogP contribution in [-0.4, -0.2) is 36.2 Å². The van der Waals surface area contributed by atoms with Gasteiger partial charge in [-0.2, -0.15) is 0 Å². The fourth-order valence-corrected chi connectivity index (χ4v) is 2.76. The molecule has 22 heavy (non-hydrogen) atoms. The maximum Gasteiger partial charge on any atom is 0.253 e. The molecule has 114 valence electrons. The van der Waals surface area contributed by atoms with Gasteiger partial charge in [-0.3, -0.25) is 4.79 Å². The summed E-state index contributed by atoms with van der Waals surface area (Å²) >= 11 is 0. The van der Waals surface area contributed by atoms with Crippen LogP contribution in [0.5, 0.6) is 0 Å². The van der Waals surface area contributed by atoms with E-state index in [4.69, 9.17) is 0 Å². The van der Waals surface area contributed by atoms with Gasteiger partial charge in [-0.25, -0.2) is 4.98 Å². The van der Waals surface area contributed by atoms with Crippen LogP contribution in [0.25, 0.3) is 0 Å². The lowest BCUT2D eigenvalue weighted by atomic mass is 10.1. The molecule has 0 saturated heterocycles. The zero-order chi connectivity index (χ0) is 15.7. The third-order valence-electron chi connectivity index (χ3n) is 3.96. The Morgan fingerprint density at radius 3 is 2.73 bits per heavy atom. The summed E-state index contributed by atoms with van der Waals surface area (Å²) in [6.45, 7) is 0. The molecule has 0 saturated carbocycles. The van der Waals surface area contributed by atoms with E-state index in [1.54, 1.807) is 18.3 Å². The molecular weight excluding hydrogens is 278 g/mol. The van der Waals surface area contributed by atoms with Gasteiger partial charge in [-0.05, 0) is 23.3 Å². The van der Waals surface area contributed by atoms with Crippen LogP contribution < -0.4 is 10.2 Å². The number of anilines is 1. The van der Waals surface area contributed by atoms with E-state index in [1.165, 1.54) is 0 Å². The lowest BCUT2D eigenvalue weighted by Gasteiger charge is -2.18. The highest BCUT2D eigenvalue weighted by Gasteiger charge is 2.32. The number of amides is 1. The second-order valence-electron chi connectivity index (χ2n) is 5.72. The number of aromatic nitrogens is 1. The van der Waals surface area contributed by atoms with Crippen molar-refractivity contribution in [2.45, 2.75) is 18.6 Å². The molecule has 0 radical (unpaired) electrons. The quantitative estimate of drug-likeness (QED) is 0.902. The van der Waals surface area contributed by atoms with E-state index in [1.807, 2.05) is 43.3 Å². The van der Waals surface area contributed by atoms with E-state index >= 15 is 0 Å². The van der Waals surface area contributed by atoms with Crippen LogP contribution in [0.2, 0.25) is 0 Å². The zero-order valence-corrected chi connectivity index (χ0v) is 12.7. The Balaban J connectivity index is 1.77. The smallest absolute Gasteiger partial charge is 0.253 e. The zero-order valence-electron chi connectivity index (χ0n) is 12.7. The molecule has 0 spiro atoms. The number of fused-ring (bicyclic) bond motifs is 1. The van der Waals surface area contributed by atoms with Gasteiger partial charge in [-0.1, -0.05) is 24.3 Å². The highest BCUT2D eigenvalue weighted by molar-refractivity contribution is 5.94. The summed E-state index contributed by atoms with van der Waals surface area (Å²) in [5, 5.41) is 13.1. The van der Waals surface area contributed by atoms with Gasteiger partial charge >= 0.3 is 0 Å². The number of hydrogen-bond acceptors (Lipinski definition) is 4. The van der Waals surface area contributed by atoms with E-state index in [9.17, 15) is 9.90 Å². The second kappa shape index (κ2) is 5.77. The number of aliphatic hydroxyl groups is 1. The molecule has 1 aromatic heterocycles. The first-order valence-corrected chi connectivity index (χ1v) is 7.26. The summed E-state index contributed by atoms with van der Waals surface area (Å²) in [4.78, 5) is 18.5. The average Bonchev–Trinajstić information content (AvgIpc) is 2.83. The first-order chi connectivity index (χ1) is 10.6. The molecule has 5 heteroatoms. The highest BCUT2D eigenvalue weighted by atomic mass is 16.3. The van der Waals surface area contributed by atoms with Gasteiger partial charge in [0, 0.05) is 26.7 Å². The molecule has 0 aliphatic heterocycles. The summed E-state index contributed by atoms with van der Waals surface area (Å²) in [5.74, 6) is 0.571. The standard InChI is InChI=1S/C17H19N3O2/c1-20(2)15-8-7-12(10-18-15)17(22)19-16-13-6-4-3-5-11(13)9-14(16)21/h3-8,10,14,16,21H,9H2,1-2H3,(H,19,22)/t14-,16-/m1/s1. The molecule has 2 N–H and O–H groups in total. The number of rotatable bonds is 3. The maximum atomic E-state index is 12.4. The minimum Gasteiger partial charge on any atom is -0.390 e. The number of nitrogens with one attached hydrogen (secondary N) is 1. The third kappa shape index (κ3) is 2.67. The molecule has 3 rings (SSSR count). The van der Waals surface area contributed by atoms with E-state index in [0.29, 0.717) is 12.0 Å². The Kier molecular flexibility index (Phi) is 3.81. The molecule has 0 unspecified atom stereocenters. The minimum atomic E-state index is -0.588. The first-order valence-electron chi connectivity index (χ1n) is 7.26. The van der Waals surface area contributed by atoms with Crippen LogP contribution in [0.3, 0.4) is 0 Å². The van der Waals surface area contributed by atoms with Crippen LogP contribution in [0.4, 0.5) is 5.82 Å². The molecule has 1 heterocycles. The van der Waals surface area contributed by atoms with Crippen molar-refractivity contribution in [2.24, 2.45) is 0 Å². The number of pyridine rings is 1. The minimum absolute atomic E-state index is 0.224. The van der Waals surface area contributed by atoms with Crippen molar-refractivity contribution in [1.29, 1.82) is 0 Å². The molecule has 2 atom stereocenters.